The Morgan fingerprint density at radius 2 is 2.11 bits per heavy atom. The van der Waals surface area contributed by atoms with E-state index in [4.69, 9.17) is 4.74 Å². The predicted molar refractivity (Wildman–Crippen MR) is 79.6 cm³/mol. The van der Waals surface area contributed by atoms with Crippen molar-refractivity contribution < 1.29 is 4.74 Å². The molecule has 0 fully saturated rings. The Balaban J connectivity index is 1.79. The first-order chi connectivity index (χ1) is 8.78. The van der Waals surface area contributed by atoms with Gasteiger partial charge in [-0.1, -0.05) is 12.1 Å². The van der Waals surface area contributed by atoms with Crippen molar-refractivity contribution in [2.45, 2.75) is 13.1 Å². The van der Waals surface area contributed by atoms with Gasteiger partial charge in [-0.2, -0.15) is 5.10 Å². The van der Waals surface area contributed by atoms with Crippen molar-refractivity contribution >= 4 is 22.6 Å². The Morgan fingerprint density at radius 1 is 1.33 bits per heavy atom. The van der Waals surface area contributed by atoms with E-state index in [0.29, 0.717) is 6.61 Å². The zero-order valence-electron chi connectivity index (χ0n) is 10.3. The van der Waals surface area contributed by atoms with Gasteiger partial charge in [0.1, 0.15) is 12.4 Å². The van der Waals surface area contributed by atoms with Crippen LogP contribution in [0.3, 0.4) is 0 Å². The lowest BCUT2D eigenvalue weighted by Crippen LogP contribution is -2.08. The topological polar surface area (TPSA) is 39.1 Å². The van der Waals surface area contributed by atoms with Crippen LogP contribution >= 0.6 is 22.6 Å². The molecule has 4 nitrogen and oxygen atoms in total. The third-order valence-corrected chi connectivity index (χ3v) is 3.05. The van der Waals surface area contributed by atoms with Crippen LogP contribution in [0.25, 0.3) is 0 Å². The molecule has 0 spiro atoms. The molecule has 1 N–H and O–H groups in total. The number of hydrogen-bond acceptors (Lipinski definition) is 3. The second kappa shape index (κ2) is 6.75. The average Bonchev–Trinajstić information content (AvgIpc) is 2.78. The molecule has 18 heavy (non-hydrogen) atoms. The Kier molecular flexibility index (Phi) is 5.00. The molecule has 1 aromatic heterocycles. The largest absolute Gasteiger partial charge is 0.492 e. The molecule has 0 saturated carbocycles. The van der Waals surface area contributed by atoms with Crippen molar-refractivity contribution in [3.05, 3.63) is 45.8 Å². The van der Waals surface area contributed by atoms with E-state index >= 15 is 0 Å². The molecule has 96 valence electrons. The van der Waals surface area contributed by atoms with E-state index in [9.17, 15) is 0 Å². The highest BCUT2D eigenvalue weighted by atomic mass is 127. The van der Waals surface area contributed by atoms with E-state index < -0.39 is 0 Å². The minimum Gasteiger partial charge on any atom is -0.492 e. The number of nitrogens with zero attached hydrogens (tertiary/aromatic N) is 2. The molecule has 0 aliphatic heterocycles. The summed E-state index contributed by atoms with van der Waals surface area (Å²) in [5.74, 6) is 0.900. The summed E-state index contributed by atoms with van der Waals surface area (Å²) < 4.78 is 8.70. The van der Waals surface area contributed by atoms with E-state index in [1.807, 2.05) is 36.3 Å². The maximum Gasteiger partial charge on any atom is 0.119 e. The molecule has 0 unspecified atom stereocenters. The SMILES string of the molecule is CNCc1ccc(OCCn2cc(I)cn2)cc1. The fourth-order valence-corrected chi connectivity index (χ4v) is 2.07. The summed E-state index contributed by atoms with van der Waals surface area (Å²) in [6.07, 6.45) is 3.84. The lowest BCUT2D eigenvalue weighted by atomic mass is 10.2. The second-order valence-corrected chi connectivity index (χ2v) is 5.19. The predicted octanol–water partition coefficient (Wildman–Crippen LogP) is 2.29. The van der Waals surface area contributed by atoms with Crippen LogP contribution in [0.5, 0.6) is 5.75 Å². The smallest absolute Gasteiger partial charge is 0.119 e. The zero-order chi connectivity index (χ0) is 12.8. The minimum absolute atomic E-state index is 0.628. The van der Waals surface area contributed by atoms with E-state index in [1.54, 1.807) is 0 Å². The van der Waals surface area contributed by atoms with Crippen LogP contribution in [0.15, 0.2) is 36.7 Å². The van der Waals surface area contributed by atoms with E-state index in [0.717, 1.165) is 22.4 Å². The Morgan fingerprint density at radius 3 is 2.72 bits per heavy atom. The average molecular weight is 357 g/mol. The quantitative estimate of drug-likeness (QED) is 0.807. The molecule has 1 aromatic carbocycles. The van der Waals surface area contributed by atoms with E-state index in [1.165, 1.54) is 5.56 Å². The van der Waals surface area contributed by atoms with Crippen molar-refractivity contribution in [3.63, 3.8) is 0 Å². The molecule has 0 saturated heterocycles. The Hall–Kier alpha value is -1.08. The molecule has 1 heterocycles. The third-order valence-electron chi connectivity index (χ3n) is 2.50. The maximum absolute atomic E-state index is 5.67. The first-order valence-electron chi connectivity index (χ1n) is 5.82. The fourth-order valence-electron chi connectivity index (χ4n) is 1.63. The van der Waals surface area contributed by atoms with E-state index in [2.05, 4.69) is 45.1 Å². The summed E-state index contributed by atoms with van der Waals surface area (Å²) in [5, 5.41) is 7.32. The van der Waals surface area contributed by atoms with Gasteiger partial charge in [-0.3, -0.25) is 4.68 Å². The molecule has 0 aliphatic carbocycles. The summed E-state index contributed by atoms with van der Waals surface area (Å²) >= 11 is 2.25. The van der Waals surface area contributed by atoms with Crippen LogP contribution in [-0.2, 0) is 13.1 Å². The summed E-state index contributed by atoms with van der Waals surface area (Å²) in [6.45, 7) is 2.27. The van der Waals surface area contributed by atoms with Crippen molar-refractivity contribution in [3.8, 4) is 5.75 Å². The van der Waals surface area contributed by atoms with Crippen LogP contribution in [0, 0.1) is 3.57 Å². The highest BCUT2D eigenvalue weighted by Crippen LogP contribution is 2.12. The standard InChI is InChI=1S/C13H16IN3O/c1-15-8-11-2-4-13(5-3-11)18-7-6-17-10-12(14)9-16-17/h2-5,9-10,15H,6-8H2,1H3. The van der Waals surface area contributed by atoms with Gasteiger partial charge in [0.25, 0.3) is 0 Å². The van der Waals surface area contributed by atoms with Crippen molar-refractivity contribution in [2.24, 2.45) is 0 Å². The number of benzene rings is 1. The number of ether oxygens (including phenoxy) is 1. The number of nitrogens with one attached hydrogen (secondary N) is 1. The third kappa shape index (κ3) is 3.99. The molecule has 2 rings (SSSR count). The van der Waals surface area contributed by atoms with Crippen LogP contribution in [-0.4, -0.2) is 23.4 Å². The number of aromatic nitrogens is 2. The monoisotopic (exact) mass is 357 g/mol. The first-order valence-corrected chi connectivity index (χ1v) is 6.90. The molecule has 0 bridgehead atoms. The minimum atomic E-state index is 0.628. The molecule has 0 amide bonds. The lowest BCUT2D eigenvalue weighted by Gasteiger charge is -2.07. The fraction of sp³-hybridized carbons (Fsp3) is 0.308. The van der Waals surface area contributed by atoms with E-state index in [-0.39, 0.29) is 0 Å². The van der Waals surface area contributed by atoms with Gasteiger partial charge in [0.05, 0.1) is 16.3 Å². The molecule has 0 aliphatic rings. The van der Waals surface area contributed by atoms with Gasteiger partial charge < -0.3 is 10.1 Å². The van der Waals surface area contributed by atoms with Crippen LogP contribution in [0.4, 0.5) is 0 Å². The molecule has 0 atom stereocenters. The van der Waals surface area contributed by atoms with Crippen LogP contribution in [0.1, 0.15) is 5.56 Å². The summed E-state index contributed by atoms with van der Waals surface area (Å²) in [7, 11) is 1.94. The Bertz CT molecular complexity index is 481. The highest BCUT2D eigenvalue weighted by Gasteiger charge is 1.97. The van der Waals surface area contributed by atoms with Gasteiger partial charge in [-0.25, -0.2) is 0 Å². The molecule has 2 aromatic rings. The van der Waals surface area contributed by atoms with Gasteiger partial charge in [0.15, 0.2) is 0 Å². The zero-order valence-corrected chi connectivity index (χ0v) is 12.4. The molecular formula is C13H16IN3O. The van der Waals surface area contributed by atoms with Gasteiger partial charge in [-0.15, -0.1) is 0 Å². The molecular weight excluding hydrogens is 341 g/mol. The van der Waals surface area contributed by atoms with Gasteiger partial charge in [0, 0.05) is 12.7 Å². The molecule has 5 heteroatoms. The van der Waals surface area contributed by atoms with Gasteiger partial charge in [0.2, 0.25) is 0 Å². The van der Waals surface area contributed by atoms with Crippen LogP contribution in [0.2, 0.25) is 0 Å². The first kappa shape index (κ1) is 13.4. The van der Waals surface area contributed by atoms with Crippen LogP contribution < -0.4 is 10.1 Å². The van der Waals surface area contributed by atoms with Crippen molar-refractivity contribution in [1.29, 1.82) is 0 Å². The Labute approximate surface area is 120 Å². The maximum atomic E-state index is 5.67. The lowest BCUT2D eigenvalue weighted by molar-refractivity contribution is 0.291. The molecule has 0 radical (unpaired) electrons. The van der Waals surface area contributed by atoms with Crippen molar-refractivity contribution in [2.75, 3.05) is 13.7 Å². The van der Waals surface area contributed by atoms with Gasteiger partial charge in [-0.05, 0) is 47.3 Å². The van der Waals surface area contributed by atoms with Crippen molar-refractivity contribution in [1.82, 2.24) is 15.1 Å². The number of rotatable bonds is 6. The summed E-state index contributed by atoms with van der Waals surface area (Å²) in [5.41, 5.74) is 1.26. The number of halogens is 1. The second-order valence-electron chi connectivity index (χ2n) is 3.94. The summed E-state index contributed by atoms with van der Waals surface area (Å²) in [4.78, 5) is 0. The van der Waals surface area contributed by atoms with Gasteiger partial charge >= 0.3 is 0 Å². The summed E-state index contributed by atoms with van der Waals surface area (Å²) in [6, 6.07) is 8.14. The normalized spacial score (nSPS) is 10.6. The number of hydrogen-bond donors (Lipinski definition) is 1. The highest BCUT2D eigenvalue weighted by molar-refractivity contribution is 14.1.